The molecule has 144 valence electrons. The van der Waals surface area contributed by atoms with Crippen LogP contribution in [0, 0.1) is 0 Å². The Morgan fingerprint density at radius 1 is 1.17 bits per heavy atom. The molecule has 4 aromatic rings. The van der Waals surface area contributed by atoms with E-state index in [1.54, 1.807) is 53.6 Å². The Kier molecular flexibility index (Phi) is 5.16. The van der Waals surface area contributed by atoms with E-state index in [0.29, 0.717) is 33.1 Å². The first-order valence-corrected chi connectivity index (χ1v) is 9.25. The quantitative estimate of drug-likeness (QED) is 0.440. The number of nitrogens with zero attached hydrogens (tertiary/aromatic N) is 4. The zero-order valence-electron chi connectivity index (χ0n) is 14.9. The van der Waals surface area contributed by atoms with Crippen LogP contribution in [-0.2, 0) is 4.79 Å². The van der Waals surface area contributed by atoms with Gasteiger partial charge in [-0.25, -0.2) is 9.97 Å². The standard InChI is InChI=1S/C20H14Cl2N6O/c1-2-19(29)25-12-6-7-14-16(8-12)28(11-24-14)18-10-23-9-17(27-18)26-15-5-3-4-13(21)20(15)22/h2-11H,1H2,(H,25,29)(H,26,27). The average Bonchev–Trinajstić information content (AvgIpc) is 3.15. The van der Waals surface area contributed by atoms with Crippen LogP contribution in [0.5, 0.6) is 0 Å². The lowest BCUT2D eigenvalue weighted by atomic mass is 10.2. The maximum Gasteiger partial charge on any atom is 0.247 e. The van der Waals surface area contributed by atoms with Crippen molar-refractivity contribution in [1.29, 1.82) is 0 Å². The topological polar surface area (TPSA) is 84.7 Å². The smallest absolute Gasteiger partial charge is 0.247 e. The minimum Gasteiger partial charge on any atom is -0.338 e. The van der Waals surface area contributed by atoms with E-state index in [9.17, 15) is 4.79 Å². The number of fused-ring (bicyclic) bond motifs is 1. The molecule has 0 unspecified atom stereocenters. The number of aromatic nitrogens is 4. The van der Waals surface area contributed by atoms with Crippen molar-refractivity contribution in [2.75, 3.05) is 10.6 Å². The van der Waals surface area contributed by atoms with Gasteiger partial charge in [-0.05, 0) is 36.4 Å². The summed E-state index contributed by atoms with van der Waals surface area (Å²) >= 11 is 12.3. The summed E-state index contributed by atoms with van der Waals surface area (Å²) in [4.78, 5) is 24.8. The number of anilines is 3. The van der Waals surface area contributed by atoms with Gasteiger partial charge in [0.25, 0.3) is 0 Å². The predicted octanol–water partition coefficient (Wildman–Crippen LogP) is 4.99. The van der Waals surface area contributed by atoms with Crippen molar-refractivity contribution in [1.82, 2.24) is 19.5 Å². The number of hydrogen-bond donors (Lipinski definition) is 2. The molecular weight excluding hydrogens is 411 g/mol. The normalized spacial score (nSPS) is 10.7. The highest BCUT2D eigenvalue weighted by atomic mass is 35.5. The van der Waals surface area contributed by atoms with Gasteiger partial charge in [0.2, 0.25) is 5.91 Å². The molecule has 0 aliphatic carbocycles. The van der Waals surface area contributed by atoms with Crippen molar-refractivity contribution in [3.63, 3.8) is 0 Å². The lowest BCUT2D eigenvalue weighted by Crippen LogP contribution is -2.07. The molecule has 29 heavy (non-hydrogen) atoms. The second-order valence-electron chi connectivity index (χ2n) is 6.00. The molecule has 0 fully saturated rings. The highest BCUT2D eigenvalue weighted by Crippen LogP contribution is 2.31. The molecule has 0 bridgehead atoms. The number of carbonyl (C=O) groups excluding carboxylic acids is 1. The highest BCUT2D eigenvalue weighted by Gasteiger charge is 2.10. The summed E-state index contributed by atoms with van der Waals surface area (Å²) in [6, 6.07) is 10.7. The second kappa shape index (κ2) is 7.90. The molecule has 9 heteroatoms. The van der Waals surface area contributed by atoms with E-state index in [2.05, 4.69) is 32.2 Å². The molecule has 2 N–H and O–H groups in total. The van der Waals surface area contributed by atoms with Crippen LogP contribution < -0.4 is 10.6 Å². The summed E-state index contributed by atoms with van der Waals surface area (Å²) in [7, 11) is 0. The fourth-order valence-electron chi connectivity index (χ4n) is 2.73. The van der Waals surface area contributed by atoms with Gasteiger partial charge in [-0.15, -0.1) is 0 Å². The molecule has 2 aromatic heterocycles. The third-order valence-electron chi connectivity index (χ3n) is 4.08. The van der Waals surface area contributed by atoms with E-state index >= 15 is 0 Å². The molecule has 0 aliphatic heterocycles. The van der Waals surface area contributed by atoms with Crippen LogP contribution in [0.1, 0.15) is 0 Å². The minimum absolute atomic E-state index is 0.292. The number of carbonyl (C=O) groups is 1. The van der Waals surface area contributed by atoms with E-state index in [1.807, 2.05) is 6.07 Å². The van der Waals surface area contributed by atoms with Crippen LogP contribution in [0.15, 0.2) is 67.8 Å². The van der Waals surface area contributed by atoms with Gasteiger partial charge < -0.3 is 10.6 Å². The molecule has 7 nitrogen and oxygen atoms in total. The molecule has 2 aromatic carbocycles. The number of halogens is 2. The number of benzene rings is 2. The van der Waals surface area contributed by atoms with Crippen molar-refractivity contribution < 1.29 is 4.79 Å². The van der Waals surface area contributed by atoms with E-state index in [-0.39, 0.29) is 5.91 Å². The maximum atomic E-state index is 11.6. The number of hydrogen-bond acceptors (Lipinski definition) is 5. The molecule has 2 heterocycles. The van der Waals surface area contributed by atoms with Gasteiger partial charge in [0.1, 0.15) is 6.33 Å². The second-order valence-corrected chi connectivity index (χ2v) is 6.79. The fraction of sp³-hybridized carbons (Fsp3) is 0. The van der Waals surface area contributed by atoms with E-state index in [1.165, 1.54) is 6.08 Å². The van der Waals surface area contributed by atoms with Crippen molar-refractivity contribution in [2.24, 2.45) is 0 Å². The largest absolute Gasteiger partial charge is 0.338 e. The average molecular weight is 425 g/mol. The summed E-state index contributed by atoms with van der Waals surface area (Å²) in [6.45, 7) is 3.46. The van der Waals surface area contributed by atoms with Crippen LogP contribution in [0.2, 0.25) is 10.0 Å². The molecular formula is C20H14Cl2N6O. The van der Waals surface area contributed by atoms with E-state index < -0.39 is 0 Å². The van der Waals surface area contributed by atoms with E-state index in [0.717, 1.165) is 11.0 Å². The minimum atomic E-state index is -0.292. The summed E-state index contributed by atoms with van der Waals surface area (Å²) < 4.78 is 1.77. The Bertz CT molecular complexity index is 1240. The SMILES string of the molecule is C=CC(=O)Nc1ccc2ncn(-c3cncc(Nc4cccc(Cl)c4Cl)n3)c2c1. The first kappa shape index (κ1) is 18.9. The van der Waals surface area contributed by atoms with Gasteiger partial charge in [0.05, 0.1) is 39.2 Å². The number of imidazole rings is 1. The Hall–Kier alpha value is -3.42. The molecule has 0 saturated carbocycles. The molecule has 0 atom stereocenters. The van der Waals surface area contributed by atoms with Crippen LogP contribution >= 0.6 is 23.2 Å². The van der Waals surface area contributed by atoms with Gasteiger partial charge >= 0.3 is 0 Å². The molecule has 0 radical (unpaired) electrons. The van der Waals surface area contributed by atoms with Gasteiger partial charge in [-0.1, -0.05) is 35.8 Å². The van der Waals surface area contributed by atoms with Gasteiger partial charge in [-0.3, -0.25) is 14.3 Å². The maximum absolute atomic E-state index is 11.6. The summed E-state index contributed by atoms with van der Waals surface area (Å²) in [5, 5.41) is 6.69. The zero-order valence-corrected chi connectivity index (χ0v) is 16.4. The highest BCUT2D eigenvalue weighted by molar-refractivity contribution is 6.43. The number of rotatable bonds is 5. The molecule has 0 saturated heterocycles. The first-order valence-electron chi connectivity index (χ1n) is 8.49. The predicted molar refractivity (Wildman–Crippen MR) is 115 cm³/mol. The van der Waals surface area contributed by atoms with Crippen LogP contribution in [0.3, 0.4) is 0 Å². The van der Waals surface area contributed by atoms with E-state index in [4.69, 9.17) is 23.2 Å². The lowest BCUT2D eigenvalue weighted by molar-refractivity contribution is -0.111. The Morgan fingerprint density at radius 2 is 2.03 bits per heavy atom. The lowest BCUT2D eigenvalue weighted by Gasteiger charge is -2.10. The summed E-state index contributed by atoms with van der Waals surface area (Å²) in [5.74, 6) is 0.743. The number of nitrogens with one attached hydrogen (secondary N) is 2. The Morgan fingerprint density at radius 3 is 2.86 bits per heavy atom. The zero-order chi connectivity index (χ0) is 20.4. The first-order chi connectivity index (χ1) is 14.0. The molecule has 1 amide bonds. The van der Waals surface area contributed by atoms with Crippen molar-refractivity contribution in [3.8, 4) is 5.82 Å². The van der Waals surface area contributed by atoms with Crippen molar-refractivity contribution >= 4 is 57.3 Å². The Balaban J connectivity index is 1.70. The van der Waals surface area contributed by atoms with Crippen LogP contribution in [0.4, 0.5) is 17.2 Å². The molecule has 4 rings (SSSR count). The third kappa shape index (κ3) is 3.91. The van der Waals surface area contributed by atoms with Crippen molar-refractivity contribution in [3.05, 3.63) is 77.8 Å². The van der Waals surface area contributed by atoms with Gasteiger partial charge in [-0.2, -0.15) is 0 Å². The third-order valence-corrected chi connectivity index (χ3v) is 4.90. The molecule has 0 spiro atoms. The van der Waals surface area contributed by atoms with Crippen LogP contribution in [-0.4, -0.2) is 25.4 Å². The van der Waals surface area contributed by atoms with Gasteiger partial charge in [0, 0.05) is 5.69 Å². The van der Waals surface area contributed by atoms with Gasteiger partial charge in [0.15, 0.2) is 11.6 Å². The summed E-state index contributed by atoms with van der Waals surface area (Å²) in [6.07, 6.45) is 6.05. The Labute approximate surface area is 176 Å². The monoisotopic (exact) mass is 424 g/mol. The fourth-order valence-corrected chi connectivity index (χ4v) is 3.08. The van der Waals surface area contributed by atoms with Crippen LogP contribution in [0.25, 0.3) is 16.9 Å². The molecule has 0 aliphatic rings. The summed E-state index contributed by atoms with van der Waals surface area (Å²) in [5.41, 5.74) is 2.76. The number of amides is 1. The van der Waals surface area contributed by atoms with Crippen molar-refractivity contribution in [2.45, 2.75) is 0 Å².